The lowest BCUT2D eigenvalue weighted by atomic mass is 10.3. The van der Waals surface area contributed by atoms with E-state index in [1.165, 1.54) is 17.4 Å². The Morgan fingerprint density at radius 1 is 1.19 bits per heavy atom. The molecule has 2 aromatic rings. The lowest BCUT2D eigenvalue weighted by Crippen LogP contribution is -1.95. The van der Waals surface area contributed by atoms with Crippen LogP contribution in [0.4, 0.5) is 8.78 Å². The van der Waals surface area contributed by atoms with Crippen LogP contribution in [0.3, 0.4) is 0 Å². The van der Waals surface area contributed by atoms with Gasteiger partial charge in [-0.2, -0.15) is 0 Å². The van der Waals surface area contributed by atoms with E-state index < -0.39 is 11.6 Å². The molecular weight excluding hydrogens is 298 g/mol. The highest BCUT2D eigenvalue weighted by Crippen LogP contribution is 2.24. The molecule has 1 heterocycles. The van der Waals surface area contributed by atoms with E-state index in [2.05, 4.69) is 15.9 Å². The van der Waals surface area contributed by atoms with E-state index in [1.54, 1.807) is 0 Å². The van der Waals surface area contributed by atoms with Crippen LogP contribution < -0.4 is 4.74 Å². The van der Waals surface area contributed by atoms with Crippen molar-refractivity contribution in [2.24, 2.45) is 0 Å². The lowest BCUT2D eigenvalue weighted by molar-refractivity contribution is 0.306. The van der Waals surface area contributed by atoms with Crippen LogP contribution in [0.2, 0.25) is 0 Å². The first-order chi connectivity index (χ1) is 7.66. The minimum Gasteiger partial charge on any atom is -0.488 e. The van der Waals surface area contributed by atoms with Gasteiger partial charge in [0.2, 0.25) is 0 Å². The third kappa shape index (κ3) is 2.59. The zero-order valence-electron chi connectivity index (χ0n) is 8.04. The quantitative estimate of drug-likeness (QED) is 0.818. The molecule has 0 saturated carbocycles. The van der Waals surface area contributed by atoms with Gasteiger partial charge < -0.3 is 4.74 Å². The zero-order valence-corrected chi connectivity index (χ0v) is 10.4. The van der Waals surface area contributed by atoms with E-state index in [0.29, 0.717) is 12.4 Å². The predicted molar refractivity (Wildman–Crippen MR) is 62.7 cm³/mol. The van der Waals surface area contributed by atoms with Crippen molar-refractivity contribution in [3.63, 3.8) is 0 Å². The Hall–Kier alpha value is -0.940. The predicted octanol–water partition coefficient (Wildman–Crippen LogP) is 4.37. The van der Waals surface area contributed by atoms with Crippen molar-refractivity contribution in [2.45, 2.75) is 6.61 Å². The number of rotatable bonds is 3. The average Bonchev–Trinajstić information content (AvgIpc) is 2.66. The fourth-order valence-corrected chi connectivity index (χ4v) is 2.52. The maximum Gasteiger partial charge on any atom is 0.162 e. The van der Waals surface area contributed by atoms with E-state index in [0.717, 1.165) is 21.5 Å². The summed E-state index contributed by atoms with van der Waals surface area (Å²) < 4.78 is 31.8. The highest BCUT2D eigenvalue weighted by atomic mass is 79.9. The van der Waals surface area contributed by atoms with Crippen molar-refractivity contribution in [3.05, 3.63) is 50.6 Å². The van der Waals surface area contributed by atoms with Crippen LogP contribution in [0, 0.1) is 11.6 Å². The van der Waals surface area contributed by atoms with Crippen molar-refractivity contribution in [3.8, 4) is 5.75 Å². The molecule has 1 nitrogen and oxygen atoms in total. The van der Waals surface area contributed by atoms with Crippen LogP contribution >= 0.6 is 27.3 Å². The maximum absolute atomic E-state index is 12.9. The van der Waals surface area contributed by atoms with Crippen LogP contribution in [0.1, 0.15) is 4.88 Å². The molecule has 16 heavy (non-hydrogen) atoms. The molecule has 0 bridgehead atoms. The monoisotopic (exact) mass is 304 g/mol. The number of ether oxygens (including phenoxy) is 1. The summed E-state index contributed by atoms with van der Waals surface area (Å²) in [5.41, 5.74) is 0. The van der Waals surface area contributed by atoms with Gasteiger partial charge in [0.1, 0.15) is 12.4 Å². The molecule has 0 N–H and O–H groups in total. The second kappa shape index (κ2) is 4.93. The molecule has 0 saturated heterocycles. The number of hydrogen-bond acceptors (Lipinski definition) is 2. The molecule has 0 aliphatic carbocycles. The summed E-state index contributed by atoms with van der Waals surface area (Å²) in [5.74, 6) is -1.45. The number of halogens is 3. The van der Waals surface area contributed by atoms with Gasteiger partial charge in [-0.05, 0) is 39.5 Å². The van der Waals surface area contributed by atoms with Gasteiger partial charge in [-0.1, -0.05) is 0 Å². The van der Waals surface area contributed by atoms with Crippen molar-refractivity contribution in [1.29, 1.82) is 0 Å². The molecule has 0 amide bonds. The SMILES string of the molecule is Fc1ccc(OCc2sccc2Br)cc1F. The van der Waals surface area contributed by atoms with E-state index in [9.17, 15) is 8.78 Å². The Morgan fingerprint density at radius 2 is 2.00 bits per heavy atom. The average molecular weight is 305 g/mol. The Bertz CT molecular complexity index is 498. The largest absolute Gasteiger partial charge is 0.488 e. The summed E-state index contributed by atoms with van der Waals surface area (Å²) in [7, 11) is 0. The molecule has 1 aromatic carbocycles. The van der Waals surface area contributed by atoms with E-state index in [4.69, 9.17) is 4.74 Å². The van der Waals surface area contributed by atoms with Gasteiger partial charge in [0.15, 0.2) is 11.6 Å². The molecule has 0 spiro atoms. The molecule has 0 aliphatic heterocycles. The van der Waals surface area contributed by atoms with Gasteiger partial charge in [-0.3, -0.25) is 0 Å². The maximum atomic E-state index is 12.9. The minimum absolute atomic E-state index is 0.319. The first-order valence-electron chi connectivity index (χ1n) is 4.46. The van der Waals surface area contributed by atoms with Gasteiger partial charge in [0.25, 0.3) is 0 Å². The van der Waals surface area contributed by atoms with Gasteiger partial charge in [-0.15, -0.1) is 11.3 Å². The molecule has 0 aliphatic rings. The van der Waals surface area contributed by atoms with Crippen molar-refractivity contribution in [1.82, 2.24) is 0 Å². The Kier molecular flexibility index (Phi) is 3.56. The Morgan fingerprint density at radius 3 is 2.62 bits per heavy atom. The second-order valence-electron chi connectivity index (χ2n) is 3.06. The van der Waals surface area contributed by atoms with Gasteiger partial charge in [0, 0.05) is 10.5 Å². The molecule has 1 aromatic heterocycles. The molecule has 84 valence electrons. The first-order valence-corrected chi connectivity index (χ1v) is 6.14. The first kappa shape index (κ1) is 11.5. The highest BCUT2D eigenvalue weighted by molar-refractivity contribution is 9.10. The minimum atomic E-state index is -0.900. The molecule has 0 radical (unpaired) electrons. The summed E-state index contributed by atoms with van der Waals surface area (Å²) in [5, 5.41) is 1.92. The third-order valence-corrected chi connectivity index (χ3v) is 3.85. The summed E-state index contributed by atoms with van der Waals surface area (Å²) >= 11 is 4.90. The van der Waals surface area contributed by atoms with Crippen LogP contribution in [0.5, 0.6) is 5.75 Å². The molecule has 0 fully saturated rings. The Balaban J connectivity index is 2.05. The lowest BCUT2D eigenvalue weighted by Gasteiger charge is -2.05. The molecule has 5 heteroatoms. The van der Waals surface area contributed by atoms with Crippen molar-refractivity contribution in [2.75, 3.05) is 0 Å². The van der Waals surface area contributed by atoms with Crippen LogP contribution in [0.25, 0.3) is 0 Å². The summed E-state index contributed by atoms with van der Waals surface area (Å²) in [4.78, 5) is 1.00. The molecule has 0 unspecified atom stereocenters. The number of benzene rings is 1. The van der Waals surface area contributed by atoms with Crippen LogP contribution in [0.15, 0.2) is 34.1 Å². The zero-order chi connectivity index (χ0) is 11.5. The van der Waals surface area contributed by atoms with Gasteiger partial charge >= 0.3 is 0 Å². The number of thiophene rings is 1. The van der Waals surface area contributed by atoms with Crippen molar-refractivity contribution >= 4 is 27.3 Å². The topological polar surface area (TPSA) is 9.23 Å². The van der Waals surface area contributed by atoms with Crippen LogP contribution in [-0.2, 0) is 6.61 Å². The fraction of sp³-hybridized carbons (Fsp3) is 0.0909. The highest BCUT2D eigenvalue weighted by Gasteiger charge is 2.05. The van der Waals surface area contributed by atoms with Gasteiger partial charge in [-0.25, -0.2) is 8.78 Å². The van der Waals surface area contributed by atoms with Gasteiger partial charge in [0.05, 0.1) is 4.88 Å². The third-order valence-electron chi connectivity index (χ3n) is 1.95. The summed E-state index contributed by atoms with van der Waals surface area (Å²) in [6.07, 6.45) is 0. The standard InChI is InChI=1S/C11H7BrF2OS/c12-8-3-4-16-11(8)6-15-7-1-2-9(13)10(14)5-7/h1-5H,6H2. The summed E-state index contributed by atoms with van der Waals surface area (Å²) in [6.45, 7) is 0.337. The van der Waals surface area contributed by atoms with E-state index in [1.807, 2.05) is 11.4 Å². The van der Waals surface area contributed by atoms with E-state index in [-0.39, 0.29) is 0 Å². The second-order valence-corrected chi connectivity index (χ2v) is 4.91. The van der Waals surface area contributed by atoms with Crippen molar-refractivity contribution < 1.29 is 13.5 Å². The van der Waals surface area contributed by atoms with E-state index >= 15 is 0 Å². The Labute approximate surface area is 104 Å². The molecular formula is C11H7BrF2OS. The molecule has 2 rings (SSSR count). The summed E-state index contributed by atoms with van der Waals surface area (Å²) in [6, 6.07) is 5.40. The fourth-order valence-electron chi connectivity index (χ4n) is 1.14. The normalized spacial score (nSPS) is 10.4. The van der Waals surface area contributed by atoms with Crippen LogP contribution in [-0.4, -0.2) is 0 Å². The number of hydrogen-bond donors (Lipinski definition) is 0. The molecule has 0 atom stereocenters. The smallest absolute Gasteiger partial charge is 0.162 e.